The van der Waals surface area contributed by atoms with Gasteiger partial charge in [-0.05, 0) is 31.0 Å². The molecule has 0 saturated carbocycles. The van der Waals surface area contributed by atoms with Crippen molar-refractivity contribution in [2.75, 3.05) is 32.6 Å². The summed E-state index contributed by atoms with van der Waals surface area (Å²) >= 11 is 6.19. The summed E-state index contributed by atoms with van der Waals surface area (Å²) in [5, 5.41) is 3.30. The van der Waals surface area contributed by atoms with Crippen molar-refractivity contribution >= 4 is 34.5 Å². The van der Waals surface area contributed by atoms with Crippen molar-refractivity contribution in [2.24, 2.45) is 0 Å². The van der Waals surface area contributed by atoms with Crippen LogP contribution in [0.5, 0.6) is 11.5 Å². The lowest BCUT2D eigenvalue weighted by Crippen LogP contribution is -2.41. The van der Waals surface area contributed by atoms with Gasteiger partial charge in [-0.15, -0.1) is 0 Å². The van der Waals surface area contributed by atoms with Gasteiger partial charge in [0.2, 0.25) is 0 Å². The maximum atomic E-state index is 12.8. The summed E-state index contributed by atoms with van der Waals surface area (Å²) in [5.74, 6) is 0.981. The molecule has 1 saturated heterocycles. The van der Waals surface area contributed by atoms with Crippen LogP contribution < -0.4 is 14.8 Å². The molecule has 9 heteroatoms. The molecule has 0 aliphatic carbocycles. The Hall–Kier alpha value is -3.00. The number of hydrogen-bond acceptors (Lipinski definition) is 5. The third kappa shape index (κ3) is 3.80. The lowest BCUT2D eigenvalue weighted by Gasteiger charge is -2.32. The van der Waals surface area contributed by atoms with Gasteiger partial charge in [-0.1, -0.05) is 11.6 Å². The minimum absolute atomic E-state index is 0.184. The number of pyridine rings is 1. The predicted molar refractivity (Wildman–Crippen MR) is 111 cm³/mol. The van der Waals surface area contributed by atoms with Gasteiger partial charge in [0.1, 0.15) is 17.0 Å². The Morgan fingerprint density at radius 3 is 2.66 bits per heavy atom. The lowest BCUT2D eigenvalue weighted by atomic mass is 10.1. The number of nitrogens with one attached hydrogen (secondary N) is 1. The molecule has 2 amide bonds. The number of fused-ring (bicyclic) bond motifs is 1. The standard InChI is InChI=1S/C20H22ClN5O3/c1-28-17-11-18(29-2)16(10-14(17)21)24-20(27)25-8-5-13(6-9-25)26-12-23-15-4-3-7-22-19(15)26/h3-4,7,10-13H,5-6,8-9H2,1-2H3,(H,24,27). The van der Waals surface area contributed by atoms with Crippen LogP contribution in [-0.4, -0.2) is 52.8 Å². The van der Waals surface area contributed by atoms with Crippen molar-refractivity contribution in [1.82, 2.24) is 19.4 Å². The third-order valence-corrected chi connectivity index (χ3v) is 5.49. The molecule has 0 unspecified atom stereocenters. The molecule has 1 fully saturated rings. The Morgan fingerprint density at radius 1 is 1.17 bits per heavy atom. The van der Waals surface area contributed by atoms with Gasteiger partial charge in [-0.3, -0.25) is 0 Å². The number of piperidine rings is 1. The van der Waals surface area contributed by atoms with Crippen LogP contribution in [0.2, 0.25) is 5.02 Å². The maximum absolute atomic E-state index is 12.8. The molecule has 2 aromatic heterocycles. The smallest absolute Gasteiger partial charge is 0.321 e. The molecular weight excluding hydrogens is 394 g/mol. The summed E-state index contributed by atoms with van der Waals surface area (Å²) in [5.41, 5.74) is 2.28. The summed E-state index contributed by atoms with van der Waals surface area (Å²) in [4.78, 5) is 23.4. The molecule has 1 aliphatic rings. The number of benzene rings is 1. The van der Waals surface area contributed by atoms with Gasteiger partial charge >= 0.3 is 6.03 Å². The Kier molecular flexibility index (Phi) is 5.44. The van der Waals surface area contributed by atoms with Crippen molar-refractivity contribution in [3.8, 4) is 11.5 Å². The van der Waals surface area contributed by atoms with Crippen LogP contribution in [0.3, 0.4) is 0 Å². The van der Waals surface area contributed by atoms with E-state index in [0.29, 0.717) is 35.3 Å². The molecule has 3 aromatic rings. The number of urea groups is 1. The number of amides is 2. The van der Waals surface area contributed by atoms with E-state index in [1.54, 1.807) is 23.2 Å². The summed E-state index contributed by atoms with van der Waals surface area (Å²) in [6, 6.07) is 7.20. The lowest BCUT2D eigenvalue weighted by molar-refractivity contribution is 0.184. The van der Waals surface area contributed by atoms with Gasteiger partial charge < -0.3 is 24.3 Å². The third-order valence-electron chi connectivity index (χ3n) is 5.19. The zero-order valence-corrected chi connectivity index (χ0v) is 17.0. The minimum Gasteiger partial charge on any atom is -0.495 e. The number of aromatic nitrogens is 3. The van der Waals surface area contributed by atoms with Gasteiger partial charge in [0.25, 0.3) is 0 Å². The number of imidazole rings is 1. The normalized spacial score (nSPS) is 14.8. The largest absolute Gasteiger partial charge is 0.495 e. The summed E-state index contributed by atoms with van der Waals surface area (Å²) < 4.78 is 12.7. The highest BCUT2D eigenvalue weighted by atomic mass is 35.5. The molecule has 3 heterocycles. The minimum atomic E-state index is -0.184. The molecule has 8 nitrogen and oxygen atoms in total. The van der Waals surface area contributed by atoms with E-state index < -0.39 is 0 Å². The summed E-state index contributed by atoms with van der Waals surface area (Å²) in [6.07, 6.45) is 5.27. The second-order valence-electron chi connectivity index (χ2n) is 6.83. The fraction of sp³-hybridized carbons (Fsp3) is 0.350. The second kappa shape index (κ2) is 8.16. The van der Waals surface area contributed by atoms with Crippen molar-refractivity contribution in [3.05, 3.63) is 41.8 Å². The molecule has 0 bridgehead atoms. The van der Waals surface area contributed by atoms with Crippen molar-refractivity contribution in [1.29, 1.82) is 0 Å². The Bertz CT molecular complexity index is 1030. The van der Waals surface area contributed by atoms with E-state index in [-0.39, 0.29) is 12.1 Å². The molecular formula is C20H22ClN5O3. The molecule has 0 spiro atoms. The number of likely N-dealkylation sites (tertiary alicyclic amines) is 1. The van der Waals surface area contributed by atoms with Gasteiger partial charge in [0.05, 0.1) is 31.3 Å². The Balaban J connectivity index is 1.42. The summed E-state index contributed by atoms with van der Waals surface area (Å²) in [7, 11) is 3.06. The first-order valence-corrected chi connectivity index (χ1v) is 9.73. The van der Waals surface area contributed by atoms with Gasteiger partial charge in [0.15, 0.2) is 5.65 Å². The molecule has 1 N–H and O–H groups in total. The quantitative estimate of drug-likeness (QED) is 0.697. The van der Waals surface area contributed by atoms with Gasteiger partial charge in [0, 0.05) is 31.4 Å². The van der Waals surface area contributed by atoms with E-state index in [2.05, 4.69) is 19.9 Å². The SMILES string of the molecule is COc1cc(OC)c(NC(=O)N2CCC(n3cnc4cccnc43)CC2)cc1Cl. The average Bonchev–Trinajstić information content (AvgIpc) is 3.18. The van der Waals surface area contributed by atoms with Crippen LogP contribution in [-0.2, 0) is 0 Å². The number of rotatable bonds is 4. The number of nitrogens with zero attached hydrogens (tertiary/aromatic N) is 4. The number of carbonyl (C=O) groups is 1. The molecule has 0 atom stereocenters. The van der Waals surface area contributed by atoms with E-state index in [0.717, 1.165) is 24.0 Å². The van der Waals surface area contributed by atoms with Crippen LogP contribution in [0.15, 0.2) is 36.8 Å². The first kappa shape index (κ1) is 19.3. The highest BCUT2D eigenvalue weighted by Gasteiger charge is 2.26. The number of anilines is 1. The van der Waals surface area contributed by atoms with Gasteiger partial charge in [-0.2, -0.15) is 0 Å². The number of hydrogen-bond donors (Lipinski definition) is 1. The van der Waals surface area contributed by atoms with Crippen LogP contribution in [0.25, 0.3) is 11.2 Å². The van der Waals surface area contributed by atoms with Crippen molar-refractivity contribution < 1.29 is 14.3 Å². The fourth-order valence-electron chi connectivity index (χ4n) is 3.63. The summed E-state index contributed by atoms with van der Waals surface area (Å²) in [6.45, 7) is 1.27. The topological polar surface area (TPSA) is 81.5 Å². The first-order valence-electron chi connectivity index (χ1n) is 9.35. The highest BCUT2D eigenvalue weighted by molar-refractivity contribution is 6.32. The molecule has 1 aliphatic heterocycles. The van der Waals surface area contributed by atoms with Gasteiger partial charge in [-0.25, -0.2) is 14.8 Å². The first-order chi connectivity index (χ1) is 14.1. The molecule has 0 radical (unpaired) electrons. The zero-order valence-electron chi connectivity index (χ0n) is 16.3. The van der Waals surface area contributed by atoms with Crippen LogP contribution in [0.4, 0.5) is 10.5 Å². The highest BCUT2D eigenvalue weighted by Crippen LogP contribution is 2.36. The number of halogens is 1. The average molecular weight is 416 g/mol. The number of carbonyl (C=O) groups excluding carboxylic acids is 1. The Morgan fingerprint density at radius 2 is 1.93 bits per heavy atom. The van der Waals surface area contributed by atoms with E-state index in [4.69, 9.17) is 21.1 Å². The second-order valence-corrected chi connectivity index (χ2v) is 7.24. The van der Waals surface area contributed by atoms with E-state index in [9.17, 15) is 4.79 Å². The predicted octanol–water partition coefficient (Wildman–Crippen LogP) is 3.97. The maximum Gasteiger partial charge on any atom is 0.321 e. The van der Waals surface area contributed by atoms with Crippen LogP contribution in [0.1, 0.15) is 18.9 Å². The van der Waals surface area contributed by atoms with E-state index in [1.807, 2.05) is 18.5 Å². The molecule has 152 valence electrons. The number of ether oxygens (including phenoxy) is 2. The van der Waals surface area contributed by atoms with Crippen molar-refractivity contribution in [2.45, 2.75) is 18.9 Å². The Labute approximate surface area is 173 Å². The van der Waals surface area contributed by atoms with Crippen LogP contribution in [0, 0.1) is 0 Å². The number of methoxy groups -OCH3 is 2. The van der Waals surface area contributed by atoms with E-state index in [1.165, 1.54) is 14.2 Å². The monoisotopic (exact) mass is 415 g/mol. The fourth-order valence-corrected chi connectivity index (χ4v) is 3.87. The van der Waals surface area contributed by atoms with Crippen molar-refractivity contribution in [3.63, 3.8) is 0 Å². The molecule has 29 heavy (non-hydrogen) atoms. The van der Waals surface area contributed by atoms with Crippen LogP contribution >= 0.6 is 11.6 Å². The molecule has 1 aromatic carbocycles. The molecule has 4 rings (SSSR count). The zero-order chi connectivity index (χ0) is 20.4. The van der Waals surface area contributed by atoms with E-state index >= 15 is 0 Å².